The Labute approximate surface area is 226 Å². The Morgan fingerprint density at radius 2 is 1.61 bits per heavy atom. The molecule has 5 atom stereocenters. The maximum Gasteiger partial charge on any atom is 0.333 e. The number of hydrogen-bond acceptors (Lipinski definition) is 10. The largest absolute Gasteiger partial charge is 0.426 e. The second-order valence-electron chi connectivity index (χ2n) is 11.5. The Balaban J connectivity index is 1.18. The van der Waals surface area contributed by atoms with Crippen molar-refractivity contribution in [3.05, 3.63) is 0 Å². The molecule has 5 rings (SSSR count). The summed E-state index contributed by atoms with van der Waals surface area (Å²) in [5, 5.41) is -1.33. The number of likely N-dealkylation sites (tertiary alicyclic amines) is 1. The predicted octanol–water partition coefficient (Wildman–Crippen LogP) is 0.500. The minimum Gasteiger partial charge on any atom is -0.426 e. The molecule has 0 spiro atoms. The molecule has 5 saturated heterocycles. The highest BCUT2D eigenvalue weighted by Crippen LogP contribution is 2.52. The molecule has 0 N–H and O–H groups in total. The van der Waals surface area contributed by atoms with Crippen LogP contribution in [0.2, 0.25) is 0 Å². The zero-order chi connectivity index (χ0) is 27.6. The highest BCUT2D eigenvalue weighted by atomic mass is 32.2. The van der Waals surface area contributed by atoms with E-state index in [0.717, 1.165) is 30.8 Å². The lowest BCUT2D eigenvalue weighted by molar-refractivity contribution is -0.181. The number of amides is 2. The molecule has 0 aliphatic carbocycles. The fraction of sp³-hybridized carbons (Fsp3) is 0.792. The quantitative estimate of drug-likeness (QED) is 0.146. The Morgan fingerprint density at radius 3 is 2.21 bits per heavy atom. The lowest BCUT2D eigenvalue weighted by Gasteiger charge is -2.42. The van der Waals surface area contributed by atoms with Crippen LogP contribution in [-0.4, -0.2) is 111 Å². The minimum atomic E-state index is -3.76. The van der Waals surface area contributed by atoms with Gasteiger partial charge in [-0.05, 0) is 40.5 Å². The van der Waals surface area contributed by atoms with Crippen LogP contribution in [0.4, 0.5) is 0 Å². The van der Waals surface area contributed by atoms with Crippen molar-refractivity contribution in [3.63, 3.8) is 0 Å². The van der Waals surface area contributed by atoms with Gasteiger partial charge >= 0.3 is 11.9 Å². The number of carbonyl (C=O) groups excluding carboxylic acids is 4. The fourth-order valence-corrected chi connectivity index (χ4v) is 9.74. The summed E-state index contributed by atoms with van der Waals surface area (Å²) < 4.78 is 33.6. The van der Waals surface area contributed by atoms with E-state index < -0.39 is 67.5 Å². The van der Waals surface area contributed by atoms with E-state index in [0.29, 0.717) is 0 Å². The number of thioether (sulfide) groups is 1. The second-order valence-corrected chi connectivity index (χ2v) is 15.9. The molecular formula is C24H34N4O8S2. The van der Waals surface area contributed by atoms with Crippen LogP contribution in [0.15, 0.2) is 4.99 Å². The number of ether oxygens (including phenoxy) is 2. The number of β-lactam (4-membered cyclic amide) rings is 2. The van der Waals surface area contributed by atoms with Crippen LogP contribution in [0.3, 0.4) is 0 Å². The van der Waals surface area contributed by atoms with Gasteiger partial charge in [0.2, 0.25) is 12.7 Å². The molecule has 5 aliphatic heterocycles. The first-order valence-electron chi connectivity index (χ1n) is 12.9. The molecule has 12 nitrogen and oxygen atoms in total. The van der Waals surface area contributed by atoms with Gasteiger partial charge in [0.25, 0.3) is 5.91 Å². The van der Waals surface area contributed by atoms with Crippen molar-refractivity contribution in [3.8, 4) is 0 Å². The van der Waals surface area contributed by atoms with Gasteiger partial charge in [-0.15, -0.1) is 11.8 Å². The van der Waals surface area contributed by atoms with E-state index in [9.17, 15) is 27.6 Å². The molecule has 5 heterocycles. The number of aliphatic imine (C=N–C) groups is 1. The third-order valence-electron chi connectivity index (χ3n) is 8.27. The van der Waals surface area contributed by atoms with E-state index in [1.54, 1.807) is 6.34 Å². The van der Waals surface area contributed by atoms with E-state index in [2.05, 4.69) is 9.89 Å². The number of carbonyl (C=O) groups is 4. The molecule has 0 saturated carbocycles. The number of hydrogen-bond donors (Lipinski definition) is 0. The van der Waals surface area contributed by atoms with Crippen LogP contribution >= 0.6 is 11.8 Å². The van der Waals surface area contributed by atoms with Crippen molar-refractivity contribution in [1.82, 2.24) is 14.7 Å². The Hall–Kier alpha value is -2.35. The van der Waals surface area contributed by atoms with Gasteiger partial charge < -0.3 is 24.2 Å². The van der Waals surface area contributed by atoms with E-state index >= 15 is 0 Å². The second kappa shape index (κ2) is 9.39. The summed E-state index contributed by atoms with van der Waals surface area (Å²) >= 11 is 1.48. The van der Waals surface area contributed by atoms with Gasteiger partial charge in [-0.3, -0.25) is 14.6 Å². The molecule has 1 unspecified atom stereocenters. The summed E-state index contributed by atoms with van der Waals surface area (Å²) in [5.41, 5.74) is 0. The minimum absolute atomic E-state index is 0.160. The van der Waals surface area contributed by atoms with Gasteiger partial charge in [0.05, 0.1) is 17.5 Å². The first-order chi connectivity index (χ1) is 17.8. The van der Waals surface area contributed by atoms with Crippen molar-refractivity contribution in [1.29, 1.82) is 0 Å². The Morgan fingerprint density at radius 1 is 1.00 bits per heavy atom. The maximum absolute atomic E-state index is 13.0. The van der Waals surface area contributed by atoms with Crippen molar-refractivity contribution < 1.29 is 37.1 Å². The molecule has 0 radical (unpaired) electrons. The number of fused-ring (bicyclic) bond motifs is 2. The zero-order valence-electron chi connectivity index (χ0n) is 22.0. The number of sulfone groups is 1. The normalized spacial score (nSPS) is 34.7. The van der Waals surface area contributed by atoms with Gasteiger partial charge in [-0.2, -0.15) is 0 Å². The number of esters is 2. The van der Waals surface area contributed by atoms with Crippen LogP contribution in [0.5, 0.6) is 0 Å². The summed E-state index contributed by atoms with van der Waals surface area (Å²) in [6, 6.07) is -2.77. The molecule has 210 valence electrons. The van der Waals surface area contributed by atoms with E-state index in [1.807, 2.05) is 13.8 Å². The van der Waals surface area contributed by atoms with E-state index in [-0.39, 0.29) is 17.7 Å². The van der Waals surface area contributed by atoms with Gasteiger partial charge in [0, 0.05) is 17.8 Å². The lowest BCUT2D eigenvalue weighted by Crippen LogP contribution is -2.65. The Kier molecular flexibility index (Phi) is 6.73. The fourth-order valence-electron chi connectivity index (χ4n) is 6.00. The summed E-state index contributed by atoms with van der Waals surface area (Å²) in [6.07, 6.45) is 6.20. The molecule has 5 fully saturated rings. The Bertz CT molecular complexity index is 1180. The highest BCUT2D eigenvalue weighted by Gasteiger charge is 2.68. The van der Waals surface area contributed by atoms with Crippen LogP contribution in [0.1, 0.15) is 59.8 Å². The van der Waals surface area contributed by atoms with Crippen molar-refractivity contribution in [2.24, 2.45) is 4.99 Å². The van der Waals surface area contributed by atoms with Crippen LogP contribution < -0.4 is 0 Å². The molecule has 14 heteroatoms. The monoisotopic (exact) mass is 570 g/mol. The zero-order valence-corrected chi connectivity index (χ0v) is 23.6. The number of rotatable bonds is 6. The first-order valence-corrected chi connectivity index (χ1v) is 15.4. The average Bonchev–Trinajstić information content (AvgIpc) is 3.01. The van der Waals surface area contributed by atoms with Crippen molar-refractivity contribution in [2.45, 2.75) is 98.2 Å². The molecule has 0 aromatic rings. The molecule has 5 aliphatic rings. The van der Waals surface area contributed by atoms with Gasteiger partial charge in [0.15, 0.2) is 15.9 Å². The predicted molar refractivity (Wildman–Crippen MR) is 138 cm³/mol. The standard InChI is InChI=1S/C24H34N4O8S2/c1-23(2)17(28-19(30)16(20(28)37-23)25-12-26-9-7-5-6-8-10-26)21(31)35-13-36-22(32)18-24(3,4)38(33,34)15-11-14(29)27(15)18/h12,15-18,20H,5-11,13H2,1-4H3/b25-12+/t15-,16?,17+,18+,20-/m1/s1. The van der Waals surface area contributed by atoms with Crippen molar-refractivity contribution >= 4 is 51.7 Å². The van der Waals surface area contributed by atoms with Gasteiger partial charge in [-0.25, -0.2) is 18.0 Å². The summed E-state index contributed by atoms with van der Waals surface area (Å²) in [4.78, 5) is 60.0. The molecule has 38 heavy (non-hydrogen) atoms. The molecular weight excluding hydrogens is 536 g/mol. The molecule has 2 amide bonds. The lowest BCUT2D eigenvalue weighted by atomic mass is 9.96. The van der Waals surface area contributed by atoms with Crippen LogP contribution in [0, 0.1) is 0 Å². The summed E-state index contributed by atoms with van der Waals surface area (Å²) in [7, 11) is -3.76. The van der Waals surface area contributed by atoms with E-state index in [1.165, 1.54) is 43.4 Å². The average molecular weight is 571 g/mol. The highest BCUT2D eigenvalue weighted by molar-refractivity contribution is 8.01. The maximum atomic E-state index is 13.0. The smallest absolute Gasteiger partial charge is 0.333 e. The SMILES string of the molecule is CC1(C)S[C@@H]2C(/N=C/N3CCCCCC3)C(=O)N2[C@H]1C(=O)OCOC(=O)[C@@H]1N2C(=O)C[C@H]2S(=O)(=O)C1(C)C. The summed E-state index contributed by atoms with van der Waals surface area (Å²) in [5.74, 6) is -2.37. The summed E-state index contributed by atoms with van der Waals surface area (Å²) in [6.45, 7) is 7.54. The third-order valence-corrected chi connectivity index (χ3v) is 12.6. The molecule has 0 aromatic carbocycles. The number of nitrogens with zero attached hydrogens (tertiary/aromatic N) is 4. The van der Waals surface area contributed by atoms with Gasteiger partial charge in [0.1, 0.15) is 22.8 Å². The van der Waals surface area contributed by atoms with E-state index in [4.69, 9.17) is 9.47 Å². The first kappa shape index (κ1) is 27.2. The van der Waals surface area contributed by atoms with Crippen LogP contribution in [0.25, 0.3) is 0 Å². The van der Waals surface area contributed by atoms with Crippen LogP contribution in [-0.2, 0) is 38.5 Å². The van der Waals surface area contributed by atoms with Crippen molar-refractivity contribution in [2.75, 3.05) is 19.9 Å². The molecule has 0 aromatic heterocycles. The van der Waals surface area contributed by atoms with Gasteiger partial charge in [-0.1, -0.05) is 12.8 Å². The third kappa shape index (κ3) is 4.09. The topological polar surface area (TPSA) is 143 Å². The molecule has 0 bridgehead atoms.